The van der Waals surface area contributed by atoms with E-state index in [1.165, 1.54) is 12.4 Å². The van der Waals surface area contributed by atoms with Crippen molar-refractivity contribution >= 4 is 0 Å². The standard InChI is InChI=1S/C17H12F6N4/c1-10-6-24-14(25-7-10)9-27-8-13(17(21,22)23)26-15(27)11-2-4-12(5-3-11)16(18,19)20/h2-8H,9H2,1H3. The number of nitrogens with zero attached hydrogens (tertiary/aromatic N) is 4. The van der Waals surface area contributed by atoms with E-state index in [4.69, 9.17) is 0 Å². The fraction of sp³-hybridized carbons (Fsp3) is 0.235. The number of imidazole rings is 1. The van der Waals surface area contributed by atoms with Gasteiger partial charge in [0.2, 0.25) is 0 Å². The van der Waals surface area contributed by atoms with Crippen LogP contribution in [-0.2, 0) is 18.9 Å². The molecule has 0 aliphatic rings. The lowest BCUT2D eigenvalue weighted by Crippen LogP contribution is -2.06. The summed E-state index contributed by atoms with van der Waals surface area (Å²) >= 11 is 0. The molecule has 0 spiro atoms. The van der Waals surface area contributed by atoms with Crippen molar-refractivity contribution in [3.63, 3.8) is 0 Å². The smallest absolute Gasteiger partial charge is 0.323 e. The maximum atomic E-state index is 13.1. The average Bonchev–Trinajstić information content (AvgIpc) is 3.00. The highest BCUT2D eigenvalue weighted by molar-refractivity contribution is 5.57. The number of hydrogen-bond acceptors (Lipinski definition) is 3. The molecule has 0 saturated heterocycles. The van der Waals surface area contributed by atoms with Gasteiger partial charge in [-0.25, -0.2) is 15.0 Å². The number of halogens is 6. The van der Waals surface area contributed by atoms with Crippen LogP contribution in [0.3, 0.4) is 0 Å². The average molecular weight is 386 g/mol. The predicted octanol–water partition coefficient (Wildman–Crippen LogP) is 4.73. The summed E-state index contributed by atoms with van der Waals surface area (Å²) in [6, 6.07) is 3.75. The molecular formula is C17H12F6N4. The molecule has 3 aromatic rings. The minimum absolute atomic E-state index is 0.111. The molecule has 0 bridgehead atoms. The SMILES string of the molecule is Cc1cnc(Cn2cc(C(F)(F)F)nc2-c2ccc(C(F)(F)F)cc2)nc1. The molecule has 0 aliphatic heterocycles. The first-order valence-electron chi connectivity index (χ1n) is 7.63. The van der Waals surface area contributed by atoms with E-state index in [-0.39, 0.29) is 23.8 Å². The van der Waals surface area contributed by atoms with Crippen LogP contribution in [0.2, 0.25) is 0 Å². The quantitative estimate of drug-likeness (QED) is 0.611. The van der Waals surface area contributed by atoms with Crippen molar-refractivity contribution in [2.75, 3.05) is 0 Å². The van der Waals surface area contributed by atoms with Gasteiger partial charge in [0.15, 0.2) is 5.69 Å². The molecular weight excluding hydrogens is 374 g/mol. The van der Waals surface area contributed by atoms with Crippen molar-refractivity contribution in [2.45, 2.75) is 25.8 Å². The second-order valence-corrected chi connectivity index (χ2v) is 5.83. The third-order valence-electron chi connectivity index (χ3n) is 3.68. The van der Waals surface area contributed by atoms with Crippen LogP contribution in [0.15, 0.2) is 42.9 Å². The van der Waals surface area contributed by atoms with Crippen molar-refractivity contribution < 1.29 is 26.3 Å². The molecule has 0 unspecified atom stereocenters. The lowest BCUT2D eigenvalue weighted by molar-refractivity contribution is -0.141. The van der Waals surface area contributed by atoms with Crippen LogP contribution >= 0.6 is 0 Å². The largest absolute Gasteiger partial charge is 0.434 e. The van der Waals surface area contributed by atoms with Crippen molar-refractivity contribution in [1.82, 2.24) is 19.5 Å². The first kappa shape index (κ1) is 18.9. The van der Waals surface area contributed by atoms with Gasteiger partial charge in [-0.15, -0.1) is 0 Å². The second-order valence-electron chi connectivity index (χ2n) is 5.83. The Hall–Kier alpha value is -2.91. The minimum Gasteiger partial charge on any atom is -0.323 e. The monoisotopic (exact) mass is 386 g/mol. The van der Waals surface area contributed by atoms with E-state index in [2.05, 4.69) is 15.0 Å². The molecule has 142 valence electrons. The molecule has 3 rings (SSSR count). The van der Waals surface area contributed by atoms with Gasteiger partial charge < -0.3 is 4.57 Å². The van der Waals surface area contributed by atoms with E-state index in [1.54, 1.807) is 6.92 Å². The molecule has 27 heavy (non-hydrogen) atoms. The Morgan fingerprint density at radius 1 is 0.889 bits per heavy atom. The molecule has 0 fully saturated rings. The highest BCUT2D eigenvalue weighted by Crippen LogP contribution is 2.33. The van der Waals surface area contributed by atoms with Crippen molar-refractivity contribution in [3.8, 4) is 11.4 Å². The van der Waals surface area contributed by atoms with Gasteiger partial charge in [-0.3, -0.25) is 0 Å². The summed E-state index contributed by atoms with van der Waals surface area (Å²) in [4.78, 5) is 11.6. The molecule has 0 saturated carbocycles. The molecule has 1 aromatic carbocycles. The van der Waals surface area contributed by atoms with Crippen LogP contribution in [0.4, 0.5) is 26.3 Å². The number of alkyl halides is 6. The van der Waals surface area contributed by atoms with Crippen LogP contribution < -0.4 is 0 Å². The summed E-state index contributed by atoms with van der Waals surface area (Å²) in [5, 5.41) is 0. The summed E-state index contributed by atoms with van der Waals surface area (Å²) in [6.45, 7) is 1.65. The zero-order valence-electron chi connectivity index (χ0n) is 13.8. The van der Waals surface area contributed by atoms with E-state index in [0.717, 1.165) is 40.6 Å². The first-order valence-corrected chi connectivity index (χ1v) is 7.63. The van der Waals surface area contributed by atoms with Gasteiger partial charge in [0, 0.05) is 24.2 Å². The van der Waals surface area contributed by atoms with Gasteiger partial charge in [0.1, 0.15) is 11.6 Å². The van der Waals surface area contributed by atoms with Gasteiger partial charge in [-0.2, -0.15) is 26.3 Å². The van der Waals surface area contributed by atoms with Gasteiger partial charge in [0.05, 0.1) is 12.1 Å². The molecule has 0 amide bonds. The van der Waals surface area contributed by atoms with E-state index >= 15 is 0 Å². The predicted molar refractivity (Wildman–Crippen MR) is 83.5 cm³/mol. The Balaban J connectivity index is 2.02. The van der Waals surface area contributed by atoms with Crippen LogP contribution in [-0.4, -0.2) is 19.5 Å². The molecule has 2 aromatic heterocycles. The normalized spacial score (nSPS) is 12.4. The Labute approximate surface area is 149 Å². The fourth-order valence-corrected chi connectivity index (χ4v) is 2.37. The Bertz CT molecular complexity index is 924. The van der Waals surface area contributed by atoms with E-state index in [0.29, 0.717) is 0 Å². The molecule has 0 atom stereocenters. The van der Waals surface area contributed by atoms with Crippen LogP contribution in [0, 0.1) is 6.92 Å². The van der Waals surface area contributed by atoms with Gasteiger partial charge >= 0.3 is 12.4 Å². The zero-order chi connectivity index (χ0) is 19.8. The molecule has 2 heterocycles. The molecule has 4 nitrogen and oxygen atoms in total. The highest BCUT2D eigenvalue weighted by atomic mass is 19.4. The highest BCUT2D eigenvalue weighted by Gasteiger charge is 2.35. The molecule has 0 N–H and O–H groups in total. The van der Waals surface area contributed by atoms with Gasteiger partial charge in [0.25, 0.3) is 0 Å². The summed E-state index contributed by atoms with van der Waals surface area (Å²) in [7, 11) is 0. The lowest BCUT2D eigenvalue weighted by Gasteiger charge is -2.09. The lowest BCUT2D eigenvalue weighted by atomic mass is 10.1. The Morgan fingerprint density at radius 3 is 2.00 bits per heavy atom. The van der Waals surface area contributed by atoms with Crippen molar-refractivity contribution in [3.05, 3.63) is 65.5 Å². The Kier molecular flexibility index (Phi) is 4.66. The molecule has 10 heteroatoms. The topological polar surface area (TPSA) is 43.6 Å². The number of aromatic nitrogens is 4. The fourth-order valence-electron chi connectivity index (χ4n) is 2.37. The van der Waals surface area contributed by atoms with Crippen molar-refractivity contribution in [1.29, 1.82) is 0 Å². The van der Waals surface area contributed by atoms with Gasteiger partial charge in [-0.1, -0.05) is 12.1 Å². The maximum Gasteiger partial charge on any atom is 0.434 e. The number of benzene rings is 1. The van der Waals surface area contributed by atoms with E-state index in [1.807, 2.05) is 0 Å². The maximum absolute atomic E-state index is 13.1. The van der Waals surface area contributed by atoms with Crippen LogP contribution in [0.25, 0.3) is 11.4 Å². The third kappa shape index (κ3) is 4.26. The zero-order valence-corrected chi connectivity index (χ0v) is 13.8. The summed E-state index contributed by atoms with van der Waals surface area (Å²) in [5.74, 6) is 0.125. The van der Waals surface area contributed by atoms with Crippen LogP contribution in [0.1, 0.15) is 22.6 Å². The van der Waals surface area contributed by atoms with E-state index < -0.39 is 23.6 Å². The molecule has 0 aliphatic carbocycles. The number of aryl methyl sites for hydroxylation is 1. The summed E-state index contributed by atoms with van der Waals surface area (Å²) in [5.41, 5.74) is -1.15. The third-order valence-corrected chi connectivity index (χ3v) is 3.68. The van der Waals surface area contributed by atoms with E-state index in [9.17, 15) is 26.3 Å². The number of hydrogen-bond donors (Lipinski definition) is 0. The molecule has 0 radical (unpaired) electrons. The Morgan fingerprint density at radius 2 is 1.48 bits per heavy atom. The summed E-state index contributed by atoms with van der Waals surface area (Å²) < 4.78 is 78.4. The minimum atomic E-state index is -4.69. The first-order chi connectivity index (χ1) is 12.5. The second kappa shape index (κ2) is 6.67. The summed E-state index contributed by atoms with van der Waals surface area (Å²) in [6.07, 6.45) is -5.42. The number of rotatable bonds is 3. The van der Waals surface area contributed by atoms with Gasteiger partial charge in [-0.05, 0) is 24.6 Å². The van der Waals surface area contributed by atoms with Crippen molar-refractivity contribution in [2.24, 2.45) is 0 Å². The van der Waals surface area contributed by atoms with Crippen LogP contribution in [0.5, 0.6) is 0 Å².